The molecule has 0 bridgehead atoms. The van der Waals surface area contributed by atoms with Crippen molar-refractivity contribution in [2.24, 2.45) is 34.5 Å². The van der Waals surface area contributed by atoms with Gasteiger partial charge in [-0.2, -0.15) is 0 Å². The van der Waals surface area contributed by atoms with Crippen LogP contribution in [0.25, 0.3) is 0 Å². The standard InChI is InChI=1S/C21H32O2/c1-13(22)16-9-10-17-15-8-7-14-5-4-6-19(23)21(14,3)18(15)11-12-20(16,17)2/h7,15-19,23H,4-6,8-12H2,1-3H3/t15-,16+,17-,18-,19?,20+,21-/m0/s1. The van der Waals surface area contributed by atoms with Crippen molar-refractivity contribution >= 4 is 5.78 Å². The summed E-state index contributed by atoms with van der Waals surface area (Å²) < 4.78 is 0. The van der Waals surface area contributed by atoms with Gasteiger partial charge in [0.15, 0.2) is 0 Å². The van der Waals surface area contributed by atoms with Crippen molar-refractivity contribution in [1.82, 2.24) is 0 Å². The summed E-state index contributed by atoms with van der Waals surface area (Å²) in [5.41, 5.74) is 1.77. The first kappa shape index (κ1) is 15.9. The van der Waals surface area contributed by atoms with Crippen molar-refractivity contribution < 1.29 is 9.90 Å². The van der Waals surface area contributed by atoms with Gasteiger partial charge in [0, 0.05) is 11.3 Å². The Morgan fingerprint density at radius 2 is 1.96 bits per heavy atom. The third-order valence-electron chi connectivity index (χ3n) is 8.64. The second kappa shape index (κ2) is 5.18. The summed E-state index contributed by atoms with van der Waals surface area (Å²) in [5.74, 6) is 2.67. The van der Waals surface area contributed by atoms with Crippen molar-refractivity contribution in [3.05, 3.63) is 11.6 Å². The van der Waals surface area contributed by atoms with Gasteiger partial charge in [-0.15, -0.1) is 0 Å². The molecule has 4 rings (SSSR count). The van der Waals surface area contributed by atoms with Crippen molar-refractivity contribution in [3.63, 3.8) is 0 Å². The summed E-state index contributed by atoms with van der Waals surface area (Å²) in [4.78, 5) is 12.2. The molecule has 0 aromatic heterocycles. The first-order chi connectivity index (χ1) is 10.9. The fraction of sp³-hybridized carbons (Fsp3) is 0.857. The third kappa shape index (κ3) is 2.00. The summed E-state index contributed by atoms with van der Waals surface area (Å²) in [6.45, 7) is 6.54. The van der Waals surface area contributed by atoms with E-state index in [4.69, 9.17) is 0 Å². The Morgan fingerprint density at radius 1 is 1.17 bits per heavy atom. The summed E-state index contributed by atoms with van der Waals surface area (Å²) in [7, 11) is 0. The van der Waals surface area contributed by atoms with E-state index in [0.717, 1.165) is 19.3 Å². The molecule has 0 saturated heterocycles. The molecule has 0 aromatic rings. The molecule has 2 heteroatoms. The minimum absolute atomic E-state index is 0.0107. The van der Waals surface area contributed by atoms with Crippen LogP contribution in [0.15, 0.2) is 11.6 Å². The van der Waals surface area contributed by atoms with E-state index < -0.39 is 0 Å². The highest BCUT2D eigenvalue weighted by atomic mass is 16.3. The van der Waals surface area contributed by atoms with Crippen LogP contribution in [0.5, 0.6) is 0 Å². The van der Waals surface area contributed by atoms with E-state index in [1.165, 1.54) is 32.1 Å². The summed E-state index contributed by atoms with van der Waals surface area (Å²) in [6, 6.07) is 0. The number of carbonyl (C=O) groups excluding carboxylic acids is 1. The number of ketones is 1. The topological polar surface area (TPSA) is 37.3 Å². The van der Waals surface area contributed by atoms with Gasteiger partial charge in [-0.1, -0.05) is 25.5 Å². The lowest BCUT2D eigenvalue weighted by atomic mass is 9.47. The van der Waals surface area contributed by atoms with E-state index in [0.29, 0.717) is 23.5 Å². The molecule has 128 valence electrons. The van der Waals surface area contributed by atoms with Crippen LogP contribution in [0.2, 0.25) is 0 Å². The Labute approximate surface area is 140 Å². The maximum atomic E-state index is 12.2. The lowest BCUT2D eigenvalue weighted by Crippen LogP contribution is -2.54. The number of fused-ring (bicyclic) bond motifs is 5. The monoisotopic (exact) mass is 316 g/mol. The number of hydrogen-bond donors (Lipinski definition) is 1. The fourth-order valence-corrected chi connectivity index (χ4v) is 7.38. The molecule has 4 aliphatic rings. The maximum Gasteiger partial charge on any atom is 0.133 e. The van der Waals surface area contributed by atoms with Gasteiger partial charge >= 0.3 is 0 Å². The minimum atomic E-state index is -0.162. The van der Waals surface area contributed by atoms with E-state index in [9.17, 15) is 9.90 Å². The SMILES string of the molecule is CC(=O)[C@H]1CC[C@H]2[C@@H]3CC=C4CCCC(O)[C@]4(C)[C@H]3CC[C@]12C. The van der Waals surface area contributed by atoms with Crippen molar-refractivity contribution in [2.75, 3.05) is 0 Å². The predicted molar refractivity (Wildman–Crippen MR) is 91.9 cm³/mol. The lowest BCUT2D eigenvalue weighted by molar-refractivity contribution is -0.129. The van der Waals surface area contributed by atoms with Crippen LogP contribution in [0.3, 0.4) is 0 Å². The zero-order valence-electron chi connectivity index (χ0n) is 15.0. The Morgan fingerprint density at radius 3 is 2.70 bits per heavy atom. The zero-order valence-corrected chi connectivity index (χ0v) is 15.0. The van der Waals surface area contributed by atoms with Gasteiger partial charge in [0.2, 0.25) is 0 Å². The van der Waals surface area contributed by atoms with E-state index in [2.05, 4.69) is 19.9 Å². The molecular formula is C21H32O2. The molecule has 1 unspecified atom stereocenters. The van der Waals surface area contributed by atoms with Crippen molar-refractivity contribution in [1.29, 1.82) is 0 Å². The summed E-state index contributed by atoms with van der Waals surface area (Å²) >= 11 is 0. The molecular weight excluding hydrogens is 284 g/mol. The van der Waals surface area contributed by atoms with Gasteiger partial charge < -0.3 is 5.11 Å². The Balaban J connectivity index is 1.70. The number of hydrogen-bond acceptors (Lipinski definition) is 2. The van der Waals surface area contributed by atoms with Crippen LogP contribution in [0.4, 0.5) is 0 Å². The Kier molecular flexibility index (Phi) is 3.58. The molecule has 23 heavy (non-hydrogen) atoms. The van der Waals surface area contributed by atoms with E-state index in [1.54, 1.807) is 12.5 Å². The number of carbonyl (C=O) groups is 1. The number of allylic oxidation sites excluding steroid dienone is 1. The van der Waals surface area contributed by atoms with Gasteiger partial charge in [-0.25, -0.2) is 0 Å². The fourth-order valence-electron chi connectivity index (χ4n) is 7.38. The molecule has 0 heterocycles. The summed E-state index contributed by atoms with van der Waals surface area (Å²) in [6.07, 6.45) is 11.5. The normalized spacial score (nSPS) is 52.2. The van der Waals surface area contributed by atoms with Crippen molar-refractivity contribution in [2.45, 2.75) is 78.2 Å². The Hall–Kier alpha value is -0.630. The first-order valence-corrected chi connectivity index (χ1v) is 9.77. The molecule has 2 nitrogen and oxygen atoms in total. The van der Waals surface area contributed by atoms with Gasteiger partial charge in [-0.3, -0.25) is 4.79 Å². The highest BCUT2D eigenvalue weighted by molar-refractivity contribution is 5.79. The van der Waals surface area contributed by atoms with Crippen LogP contribution in [-0.2, 0) is 4.79 Å². The maximum absolute atomic E-state index is 12.2. The molecule has 0 radical (unpaired) electrons. The molecule has 0 amide bonds. The van der Waals surface area contributed by atoms with E-state index >= 15 is 0 Å². The molecule has 0 aromatic carbocycles. The lowest BCUT2D eigenvalue weighted by Gasteiger charge is -2.58. The quantitative estimate of drug-likeness (QED) is 0.722. The minimum Gasteiger partial charge on any atom is -0.392 e. The van der Waals surface area contributed by atoms with Gasteiger partial charge in [0.25, 0.3) is 0 Å². The van der Waals surface area contributed by atoms with Crippen LogP contribution in [0.1, 0.15) is 72.1 Å². The molecule has 4 aliphatic carbocycles. The Bertz CT molecular complexity index is 550. The molecule has 3 saturated carbocycles. The largest absolute Gasteiger partial charge is 0.392 e. The second-order valence-electron chi connectivity index (χ2n) is 9.32. The van der Waals surface area contributed by atoms with Gasteiger partial charge in [0.1, 0.15) is 5.78 Å². The molecule has 0 aliphatic heterocycles. The van der Waals surface area contributed by atoms with Crippen LogP contribution in [0, 0.1) is 34.5 Å². The molecule has 0 spiro atoms. The van der Waals surface area contributed by atoms with Gasteiger partial charge in [-0.05, 0) is 81.5 Å². The average molecular weight is 316 g/mol. The van der Waals surface area contributed by atoms with Crippen molar-refractivity contribution in [3.8, 4) is 0 Å². The van der Waals surface area contributed by atoms with Crippen LogP contribution in [-0.4, -0.2) is 17.0 Å². The number of aliphatic hydroxyl groups excluding tert-OH is 1. The number of Topliss-reactive ketones (excluding diaryl/α,β-unsaturated/α-hetero) is 1. The molecule has 7 atom stereocenters. The van der Waals surface area contributed by atoms with Crippen LogP contribution < -0.4 is 0 Å². The second-order valence-corrected chi connectivity index (χ2v) is 9.32. The van der Waals surface area contributed by atoms with Crippen LogP contribution >= 0.6 is 0 Å². The zero-order chi connectivity index (χ0) is 16.4. The van der Waals surface area contributed by atoms with E-state index in [-0.39, 0.29) is 22.9 Å². The summed E-state index contributed by atoms with van der Waals surface area (Å²) in [5, 5.41) is 10.9. The number of aliphatic hydroxyl groups is 1. The smallest absolute Gasteiger partial charge is 0.133 e. The molecule has 1 N–H and O–H groups in total. The highest BCUT2D eigenvalue weighted by Crippen LogP contribution is 2.66. The first-order valence-electron chi connectivity index (χ1n) is 9.77. The van der Waals surface area contributed by atoms with Gasteiger partial charge in [0.05, 0.1) is 6.10 Å². The van der Waals surface area contributed by atoms with E-state index in [1.807, 2.05) is 0 Å². The molecule has 3 fully saturated rings. The average Bonchev–Trinajstić information content (AvgIpc) is 2.86. The highest BCUT2D eigenvalue weighted by Gasteiger charge is 2.60. The third-order valence-corrected chi connectivity index (χ3v) is 8.64. The predicted octanol–water partition coefficient (Wildman–Crippen LogP) is 4.52. The number of rotatable bonds is 1.